The van der Waals surface area contributed by atoms with Gasteiger partial charge in [0.15, 0.2) is 5.13 Å². The van der Waals surface area contributed by atoms with E-state index in [1.165, 1.54) is 35.2 Å². The number of nitrogens with zero attached hydrogens (tertiary/aromatic N) is 3. The molecule has 35 heavy (non-hydrogen) atoms. The number of amides is 1. The van der Waals surface area contributed by atoms with Crippen molar-refractivity contribution in [1.82, 2.24) is 9.97 Å². The molecule has 0 fully saturated rings. The number of halogens is 1. The SMILES string of the molecule is CCO.Cc1csc(NC(=O)CSc2nc(-c3ccc(F)cc3)cc(-c3ccccc3)c2C#N)n1. The number of nitriles is 1. The highest BCUT2D eigenvalue weighted by Gasteiger charge is 2.17. The zero-order valence-corrected chi connectivity index (χ0v) is 20.8. The standard InChI is InChI=1S/C24H17FN4OS2.C2H6O/c1-15-13-32-24(27-15)29-22(30)14-31-23-20(12-26)19(16-5-3-2-4-6-16)11-21(28-23)17-7-9-18(25)10-8-17;1-2-3/h2-11,13H,14H2,1H3,(H,27,29,30);3H,2H2,1H3. The van der Waals surface area contributed by atoms with Crippen LogP contribution in [0.4, 0.5) is 9.52 Å². The molecule has 4 aromatic rings. The first kappa shape index (κ1) is 26.0. The number of hydrogen-bond donors (Lipinski definition) is 2. The van der Waals surface area contributed by atoms with E-state index in [2.05, 4.69) is 21.4 Å². The first-order chi connectivity index (χ1) is 16.9. The molecule has 0 saturated heterocycles. The van der Waals surface area contributed by atoms with E-state index >= 15 is 0 Å². The Morgan fingerprint density at radius 3 is 2.43 bits per heavy atom. The topological polar surface area (TPSA) is 98.9 Å². The van der Waals surface area contributed by atoms with Crippen LogP contribution in [-0.2, 0) is 4.79 Å². The highest BCUT2D eigenvalue weighted by Crippen LogP contribution is 2.34. The van der Waals surface area contributed by atoms with Gasteiger partial charge in [0, 0.05) is 23.1 Å². The minimum Gasteiger partial charge on any atom is -0.397 e. The average molecular weight is 507 g/mol. The number of thiazole rings is 1. The molecule has 6 nitrogen and oxygen atoms in total. The van der Waals surface area contributed by atoms with Gasteiger partial charge in [0.05, 0.1) is 22.7 Å². The Kier molecular flexibility index (Phi) is 9.49. The van der Waals surface area contributed by atoms with Crippen LogP contribution in [0.1, 0.15) is 18.2 Å². The monoisotopic (exact) mass is 506 g/mol. The molecule has 2 aromatic heterocycles. The van der Waals surface area contributed by atoms with Gasteiger partial charge in [-0.2, -0.15) is 5.26 Å². The first-order valence-corrected chi connectivity index (χ1v) is 12.5. The quantitative estimate of drug-likeness (QED) is 0.315. The number of aromatic nitrogens is 2. The molecule has 0 aliphatic heterocycles. The number of carbonyl (C=O) groups is 1. The molecule has 2 heterocycles. The Morgan fingerprint density at radius 2 is 1.83 bits per heavy atom. The first-order valence-electron chi connectivity index (χ1n) is 10.7. The Bertz CT molecular complexity index is 1320. The Morgan fingerprint density at radius 1 is 1.14 bits per heavy atom. The smallest absolute Gasteiger partial charge is 0.236 e. The van der Waals surface area contributed by atoms with Crippen LogP contribution in [-0.4, -0.2) is 33.3 Å². The van der Waals surface area contributed by atoms with Crippen molar-refractivity contribution in [2.24, 2.45) is 0 Å². The number of benzene rings is 2. The van der Waals surface area contributed by atoms with E-state index in [4.69, 9.17) is 5.11 Å². The zero-order chi connectivity index (χ0) is 25.2. The van der Waals surface area contributed by atoms with Crippen molar-refractivity contribution < 1.29 is 14.3 Å². The second-order valence-electron chi connectivity index (χ2n) is 7.17. The van der Waals surface area contributed by atoms with Gasteiger partial charge in [0.2, 0.25) is 5.91 Å². The van der Waals surface area contributed by atoms with Crippen LogP contribution in [0.2, 0.25) is 0 Å². The van der Waals surface area contributed by atoms with Gasteiger partial charge in [-0.3, -0.25) is 4.79 Å². The Balaban J connectivity index is 0.00000108. The summed E-state index contributed by atoms with van der Waals surface area (Å²) in [6, 6.07) is 19.6. The van der Waals surface area contributed by atoms with Gasteiger partial charge in [0.25, 0.3) is 0 Å². The third-order valence-electron chi connectivity index (χ3n) is 4.53. The Hall–Kier alpha value is -3.58. The van der Waals surface area contributed by atoms with Gasteiger partial charge in [0.1, 0.15) is 16.9 Å². The molecule has 1 amide bonds. The van der Waals surface area contributed by atoms with Crippen molar-refractivity contribution in [3.63, 3.8) is 0 Å². The number of anilines is 1. The van der Waals surface area contributed by atoms with Gasteiger partial charge in [-0.05, 0) is 49.7 Å². The van der Waals surface area contributed by atoms with Crippen molar-refractivity contribution >= 4 is 34.1 Å². The van der Waals surface area contributed by atoms with Crippen LogP contribution in [0, 0.1) is 24.1 Å². The lowest BCUT2D eigenvalue weighted by Crippen LogP contribution is -2.14. The van der Waals surface area contributed by atoms with Gasteiger partial charge in [-0.1, -0.05) is 42.1 Å². The van der Waals surface area contributed by atoms with E-state index in [9.17, 15) is 14.4 Å². The number of thioether (sulfide) groups is 1. The lowest BCUT2D eigenvalue weighted by Gasteiger charge is -2.12. The summed E-state index contributed by atoms with van der Waals surface area (Å²) in [4.78, 5) is 21.3. The number of aliphatic hydroxyl groups excluding tert-OH is 1. The number of aliphatic hydroxyl groups is 1. The summed E-state index contributed by atoms with van der Waals surface area (Å²) in [5.41, 5.74) is 4.12. The summed E-state index contributed by atoms with van der Waals surface area (Å²) in [5.74, 6) is -0.501. The summed E-state index contributed by atoms with van der Waals surface area (Å²) in [6.45, 7) is 3.79. The molecule has 2 aromatic carbocycles. The van der Waals surface area contributed by atoms with Crippen LogP contribution in [0.15, 0.2) is 71.1 Å². The lowest BCUT2D eigenvalue weighted by atomic mass is 9.99. The molecular formula is C26H23FN4O2S2. The number of nitrogens with one attached hydrogen (secondary N) is 1. The Labute approximate surface area is 211 Å². The van der Waals surface area contributed by atoms with E-state index in [1.54, 1.807) is 19.1 Å². The summed E-state index contributed by atoms with van der Waals surface area (Å²) in [6.07, 6.45) is 0. The molecule has 4 rings (SSSR count). The highest BCUT2D eigenvalue weighted by atomic mass is 32.2. The summed E-state index contributed by atoms with van der Waals surface area (Å²) in [5, 5.41) is 23.1. The number of hydrogen-bond acceptors (Lipinski definition) is 7. The van der Waals surface area contributed by atoms with E-state index in [0.29, 0.717) is 27.0 Å². The van der Waals surface area contributed by atoms with Crippen molar-refractivity contribution in [3.8, 4) is 28.5 Å². The molecule has 0 spiro atoms. The summed E-state index contributed by atoms with van der Waals surface area (Å²) >= 11 is 2.54. The molecule has 9 heteroatoms. The van der Waals surface area contributed by atoms with Gasteiger partial charge >= 0.3 is 0 Å². The zero-order valence-electron chi connectivity index (χ0n) is 19.2. The molecule has 0 unspecified atom stereocenters. The molecular weight excluding hydrogens is 483 g/mol. The number of carbonyl (C=O) groups excluding carboxylic acids is 1. The average Bonchev–Trinajstić information content (AvgIpc) is 3.27. The van der Waals surface area contributed by atoms with E-state index in [1.807, 2.05) is 48.7 Å². The van der Waals surface area contributed by atoms with Crippen LogP contribution >= 0.6 is 23.1 Å². The van der Waals surface area contributed by atoms with Crippen LogP contribution in [0.3, 0.4) is 0 Å². The largest absolute Gasteiger partial charge is 0.397 e. The number of pyridine rings is 1. The van der Waals surface area contributed by atoms with E-state index in [-0.39, 0.29) is 24.1 Å². The molecule has 0 bridgehead atoms. The van der Waals surface area contributed by atoms with E-state index in [0.717, 1.165) is 16.8 Å². The van der Waals surface area contributed by atoms with Crippen LogP contribution in [0.5, 0.6) is 0 Å². The van der Waals surface area contributed by atoms with Crippen molar-refractivity contribution in [2.75, 3.05) is 17.7 Å². The maximum Gasteiger partial charge on any atom is 0.236 e. The van der Waals surface area contributed by atoms with Crippen molar-refractivity contribution in [2.45, 2.75) is 18.9 Å². The summed E-state index contributed by atoms with van der Waals surface area (Å²) in [7, 11) is 0. The maximum atomic E-state index is 13.4. The normalized spacial score (nSPS) is 10.1. The maximum absolute atomic E-state index is 13.4. The minimum absolute atomic E-state index is 0.0708. The second-order valence-corrected chi connectivity index (χ2v) is 8.99. The molecule has 0 aliphatic rings. The fourth-order valence-electron chi connectivity index (χ4n) is 3.05. The molecule has 2 N–H and O–H groups in total. The predicted molar refractivity (Wildman–Crippen MR) is 139 cm³/mol. The van der Waals surface area contributed by atoms with E-state index < -0.39 is 0 Å². The second kappa shape index (κ2) is 12.8. The fourth-order valence-corrected chi connectivity index (χ4v) is 4.56. The lowest BCUT2D eigenvalue weighted by molar-refractivity contribution is -0.113. The van der Waals surface area contributed by atoms with Crippen molar-refractivity contribution in [3.05, 3.63) is 83.1 Å². The van der Waals surface area contributed by atoms with Crippen molar-refractivity contribution in [1.29, 1.82) is 5.26 Å². The molecule has 0 radical (unpaired) electrons. The summed E-state index contributed by atoms with van der Waals surface area (Å²) < 4.78 is 13.4. The highest BCUT2D eigenvalue weighted by molar-refractivity contribution is 8.00. The molecule has 0 atom stereocenters. The predicted octanol–water partition coefficient (Wildman–Crippen LogP) is 5.92. The van der Waals surface area contributed by atoms with Gasteiger partial charge in [-0.15, -0.1) is 11.3 Å². The van der Waals surface area contributed by atoms with Crippen LogP contribution < -0.4 is 5.32 Å². The molecule has 0 saturated carbocycles. The fraction of sp³-hybridized carbons (Fsp3) is 0.154. The number of rotatable bonds is 6. The van der Waals surface area contributed by atoms with Gasteiger partial charge < -0.3 is 10.4 Å². The molecule has 0 aliphatic carbocycles. The number of aryl methyl sites for hydroxylation is 1. The third-order valence-corrected chi connectivity index (χ3v) is 6.38. The van der Waals surface area contributed by atoms with Crippen LogP contribution in [0.25, 0.3) is 22.4 Å². The minimum atomic E-state index is -0.339. The van der Waals surface area contributed by atoms with Gasteiger partial charge in [-0.25, -0.2) is 14.4 Å². The third kappa shape index (κ3) is 7.20. The molecule has 178 valence electrons.